The van der Waals surface area contributed by atoms with Gasteiger partial charge < -0.3 is 0 Å². The van der Waals surface area contributed by atoms with E-state index in [1.54, 1.807) is 13.8 Å². The van der Waals surface area contributed by atoms with Gasteiger partial charge in [-0.1, -0.05) is 34.8 Å². The minimum atomic E-state index is -3.92. The molecule has 1 aromatic carbocycles. The Kier molecular flexibility index (Phi) is 3.84. The molecule has 0 fully saturated rings. The fourth-order valence-corrected chi connectivity index (χ4v) is 3.88. The van der Waals surface area contributed by atoms with Crippen LogP contribution in [-0.2, 0) is 10.0 Å². The van der Waals surface area contributed by atoms with Gasteiger partial charge in [0.15, 0.2) is 0 Å². The molecule has 8 heteroatoms. The van der Waals surface area contributed by atoms with Crippen molar-refractivity contribution in [1.29, 1.82) is 0 Å². The number of hydrogen-bond acceptors (Lipinski definition) is 3. The van der Waals surface area contributed by atoms with E-state index in [2.05, 4.69) is 5.10 Å². The summed E-state index contributed by atoms with van der Waals surface area (Å²) in [5.74, 6) is 0. The number of aryl methyl sites for hydroxylation is 1. The Hall–Kier alpha value is -0.750. The fraction of sp³-hybridized carbons (Fsp3) is 0.182. The molecule has 0 amide bonds. The van der Waals surface area contributed by atoms with Crippen LogP contribution in [0.2, 0.25) is 15.1 Å². The molecule has 2 aromatic rings. The first kappa shape index (κ1) is 14.7. The molecule has 0 saturated heterocycles. The van der Waals surface area contributed by atoms with Gasteiger partial charge >= 0.3 is 0 Å². The van der Waals surface area contributed by atoms with Gasteiger partial charge in [0, 0.05) is 5.02 Å². The highest BCUT2D eigenvalue weighted by Crippen LogP contribution is 2.29. The van der Waals surface area contributed by atoms with Crippen LogP contribution in [-0.4, -0.2) is 17.6 Å². The summed E-state index contributed by atoms with van der Waals surface area (Å²) in [4.78, 5) is -0.107. The number of halogens is 3. The predicted octanol–water partition coefficient (Wildman–Crippen LogP) is 3.70. The maximum atomic E-state index is 12.5. The largest absolute Gasteiger partial charge is 0.284 e. The minimum absolute atomic E-state index is 0.0769. The molecule has 0 bridgehead atoms. The first-order valence-electron chi connectivity index (χ1n) is 5.17. The smallest absolute Gasteiger partial charge is 0.199 e. The normalized spacial score (nSPS) is 11.8. The number of aromatic nitrogens is 2. The lowest BCUT2D eigenvalue weighted by Crippen LogP contribution is -2.16. The molecule has 0 spiro atoms. The molecule has 1 heterocycles. The third-order valence-corrected chi connectivity index (χ3v) is 5.49. The van der Waals surface area contributed by atoms with Gasteiger partial charge in [-0.2, -0.15) is 17.6 Å². The van der Waals surface area contributed by atoms with Crippen molar-refractivity contribution in [2.75, 3.05) is 0 Å². The van der Waals surface area contributed by atoms with Gasteiger partial charge in [-0.05, 0) is 32.0 Å². The van der Waals surface area contributed by atoms with Gasteiger partial charge in [0.2, 0.25) is 0 Å². The summed E-state index contributed by atoms with van der Waals surface area (Å²) in [7, 11) is -3.92. The molecule has 0 aliphatic rings. The molecular formula is C11H9Cl3N2O2S. The first-order chi connectivity index (χ1) is 8.75. The first-order valence-corrected chi connectivity index (χ1v) is 7.75. The second-order valence-electron chi connectivity index (χ2n) is 3.91. The Balaban J connectivity index is 2.72. The number of rotatable bonds is 2. The van der Waals surface area contributed by atoms with E-state index in [0.29, 0.717) is 16.4 Å². The topological polar surface area (TPSA) is 52.0 Å². The molecule has 102 valence electrons. The van der Waals surface area contributed by atoms with Crippen molar-refractivity contribution in [3.63, 3.8) is 0 Å². The SMILES string of the molecule is Cc1nn(S(=O)(=O)c2cc(Cl)ccc2Cl)c(C)c1Cl. The molecule has 0 unspecified atom stereocenters. The average Bonchev–Trinajstić information content (AvgIpc) is 2.60. The zero-order chi connectivity index (χ0) is 14.4. The molecule has 19 heavy (non-hydrogen) atoms. The van der Waals surface area contributed by atoms with E-state index in [1.807, 2.05) is 0 Å². The van der Waals surface area contributed by atoms with Gasteiger partial charge in [-0.25, -0.2) is 0 Å². The zero-order valence-corrected chi connectivity index (χ0v) is 13.1. The molecule has 0 saturated carbocycles. The van der Waals surface area contributed by atoms with E-state index in [9.17, 15) is 8.42 Å². The number of benzene rings is 1. The maximum absolute atomic E-state index is 12.5. The highest BCUT2D eigenvalue weighted by atomic mass is 35.5. The van der Waals surface area contributed by atoms with Gasteiger partial charge in [0.25, 0.3) is 10.0 Å². The summed E-state index contributed by atoms with van der Waals surface area (Å²) in [6, 6.07) is 4.21. The third kappa shape index (κ3) is 2.48. The monoisotopic (exact) mass is 338 g/mol. The maximum Gasteiger partial charge on any atom is 0.284 e. The van der Waals surface area contributed by atoms with Crippen LogP contribution in [0.1, 0.15) is 11.4 Å². The fourth-order valence-electron chi connectivity index (χ4n) is 1.60. The van der Waals surface area contributed by atoms with Crippen molar-refractivity contribution in [2.45, 2.75) is 18.7 Å². The quantitative estimate of drug-likeness (QED) is 0.838. The predicted molar refractivity (Wildman–Crippen MR) is 75.8 cm³/mol. The summed E-state index contributed by atoms with van der Waals surface area (Å²) >= 11 is 17.7. The second kappa shape index (κ2) is 4.98. The van der Waals surface area contributed by atoms with E-state index in [-0.39, 0.29) is 14.9 Å². The summed E-state index contributed by atoms with van der Waals surface area (Å²) in [5.41, 5.74) is 0.760. The van der Waals surface area contributed by atoms with Crippen LogP contribution in [0.4, 0.5) is 0 Å². The van der Waals surface area contributed by atoms with E-state index < -0.39 is 10.0 Å². The van der Waals surface area contributed by atoms with Gasteiger partial charge in [-0.15, -0.1) is 0 Å². The van der Waals surface area contributed by atoms with Crippen LogP contribution in [0, 0.1) is 13.8 Å². The van der Waals surface area contributed by atoms with Crippen molar-refractivity contribution < 1.29 is 8.42 Å². The Morgan fingerprint density at radius 1 is 1.16 bits per heavy atom. The van der Waals surface area contributed by atoms with E-state index in [4.69, 9.17) is 34.8 Å². The molecule has 1 aromatic heterocycles. The molecule has 0 aliphatic heterocycles. The average molecular weight is 340 g/mol. The van der Waals surface area contributed by atoms with Gasteiger partial charge in [-0.3, -0.25) is 0 Å². The summed E-state index contributed by atoms with van der Waals surface area (Å²) in [5, 5.41) is 4.58. The van der Waals surface area contributed by atoms with Crippen LogP contribution < -0.4 is 0 Å². The van der Waals surface area contributed by atoms with E-state index in [0.717, 1.165) is 4.09 Å². The van der Waals surface area contributed by atoms with Crippen LogP contribution in [0.15, 0.2) is 23.1 Å². The van der Waals surface area contributed by atoms with E-state index in [1.165, 1.54) is 18.2 Å². The van der Waals surface area contributed by atoms with Crippen molar-refractivity contribution in [2.24, 2.45) is 0 Å². The minimum Gasteiger partial charge on any atom is -0.199 e. The molecular weight excluding hydrogens is 331 g/mol. The van der Waals surface area contributed by atoms with Crippen LogP contribution >= 0.6 is 34.8 Å². The Bertz CT molecular complexity index is 754. The Morgan fingerprint density at radius 2 is 1.79 bits per heavy atom. The molecule has 0 atom stereocenters. The molecule has 2 rings (SSSR count). The van der Waals surface area contributed by atoms with Crippen LogP contribution in [0.5, 0.6) is 0 Å². The molecule has 0 radical (unpaired) electrons. The van der Waals surface area contributed by atoms with Gasteiger partial charge in [0.1, 0.15) is 4.90 Å². The third-order valence-electron chi connectivity index (χ3n) is 2.56. The zero-order valence-electron chi connectivity index (χ0n) is 9.99. The summed E-state index contributed by atoms with van der Waals surface area (Å²) in [6.45, 7) is 3.19. The highest BCUT2D eigenvalue weighted by molar-refractivity contribution is 7.90. The molecule has 4 nitrogen and oxygen atoms in total. The van der Waals surface area contributed by atoms with Crippen molar-refractivity contribution in [3.05, 3.63) is 44.7 Å². The Morgan fingerprint density at radius 3 is 2.32 bits per heavy atom. The van der Waals surface area contributed by atoms with E-state index >= 15 is 0 Å². The Labute approximate surface area is 125 Å². The lowest BCUT2D eigenvalue weighted by Gasteiger charge is -2.08. The van der Waals surface area contributed by atoms with Crippen molar-refractivity contribution in [3.8, 4) is 0 Å². The standard InChI is InChI=1S/C11H9Cl3N2O2S/c1-6-11(14)7(2)16(15-6)19(17,18)10-5-8(12)3-4-9(10)13/h3-5H,1-2H3. The highest BCUT2D eigenvalue weighted by Gasteiger charge is 2.25. The van der Waals surface area contributed by atoms with Crippen molar-refractivity contribution >= 4 is 44.8 Å². The summed E-state index contributed by atoms with van der Waals surface area (Å²) < 4.78 is 25.8. The summed E-state index contributed by atoms with van der Waals surface area (Å²) in [6.07, 6.45) is 0. The molecule has 0 aliphatic carbocycles. The van der Waals surface area contributed by atoms with Crippen LogP contribution in [0.3, 0.4) is 0 Å². The second-order valence-corrected chi connectivity index (χ2v) is 6.86. The molecule has 0 N–H and O–H groups in total. The van der Waals surface area contributed by atoms with Gasteiger partial charge in [0.05, 0.1) is 21.4 Å². The number of nitrogens with zero attached hydrogens (tertiary/aromatic N) is 2. The lowest BCUT2D eigenvalue weighted by atomic mass is 10.4. The van der Waals surface area contributed by atoms with Crippen molar-refractivity contribution in [1.82, 2.24) is 9.19 Å². The number of hydrogen-bond donors (Lipinski definition) is 0. The van der Waals surface area contributed by atoms with Crippen LogP contribution in [0.25, 0.3) is 0 Å². The lowest BCUT2D eigenvalue weighted by molar-refractivity contribution is 0.578.